The molecular weight excluding hydrogens is 308 g/mol. The van der Waals surface area contributed by atoms with Gasteiger partial charge in [0.1, 0.15) is 0 Å². The standard InChI is InChI=1S/C18H36O4Si/c1-6-10-11-12-13-14-15-16-17(7-2)18(19)22-23(5,20-8-3)21-9-4/h7,17H,2,6,8-16H2,1,3-5H3. The molecule has 0 N–H and O–H groups in total. The third kappa shape index (κ3) is 10.7. The highest BCUT2D eigenvalue weighted by Gasteiger charge is 2.39. The summed E-state index contributed by atoms with van der Waals surface area (Å²) in [4.78, 5) is 12.3. The van der Waals surface area contributed by atoms with E-state index in [1.165, 1.54) is 32.1 Å². The van der Waals surface area contributed by atoms with Crippen LogP contribution in [-0.2, 0) is 18.1 Å². The molecule has 0 saturated carbocycles. The molecule has 0 fully saturated rings. The molecule has 0 heterocycles. The van der Waals surface area contributed by atoms with Crippen molar-refractivity contribution >= 4 is 14.8 Å². The van der Waals surface area contributed by atoms with Gasteiger partial charge in [0.05, 0.1) is 5.92 Å². The molecule has 23 heavy (non-hydrogen) atoms. The summed E-state index contributed by atoms with van der Waals surface area (Å²) in [5, 5.41) is 0. The molecule has 0 amide bonds. The van der Waals surface area contributed by atoms with Crippen molar-refractivity contribution in [3.05, 3.63) is 12.7 Å². The Bertz CT molecular complexity index is 314. The van der Waals surface area contributed by atoms with E-state index in [2.05, 4.69) is 13.5 Å². The summed E-state index contributed by atoms with van der Waals surface area (Å²) in [7, 11) is -2.86. The van der Waals surface area contributed by atoms with Gasteiger partial charge in [-0.25, -0.2) is 0 Å². The minimum absolute atomic E-state index is 0.262. The van der Waals surface area contributed by atoms with Gasteiger partial charge in [0.25, 0.3) is 0 Å². The van der Waals surface area contributed by atoms with E-state index in [1.54, 1.807) is 12.6 Å². The summed E-state index contributed by atoms with van der Waals surface area (Å²) in [6, 6.07) is 0. The van der Waals surface area contributed by atoms with Gasteiger partial charge in [-0.3, -0.25) is 4.79 Å². The fraction of sp³-hybridized carbons (Fsp3) is 0.833. The Hall–Kier alpha value is -0.653. The van der Waals surface area contributed by atoms with Crippen LogP contribution >= 0.6 is 0 Å². The molecule has 0 rings (SSSR count). The summed E-state index contributed by atoms with van der Waals surface area (Å²) < 4.78 is 16.7. The minimum atomic E-state index is -2.86. The number of carbonyl (C=O) groups excluding carboxylic acids is 1. The van der Waals surface area contributed by atoms with E-state index in [9.17, 15) is 4.79 Å². The van der Waals surface area contributed by atoms with Crippen molar-refractivity contribution in [1.29, 1.82) is 0 Å². The zero-order chi connectivity index (χ0) is 17.6. The Balaban J connectivity index is 4.17. The summed E-state index contributed by atoms with van der Waals surface area (Å²) >= 11 is 0. The Labute approximate surface area is 144 Å². The van der Waals surface area contributed by atoms with Crippen LogP contribution in [0.4, 0.5) is 0 Å². The predicted molar refractivity (Wildman–Crippen MR) is 97.3 cm³/mol. The lowest BCUT2D eigenvalue weighted by Gasteiger charge is -2.26. The van der Waals surface area contributed by atoms with Crippen LogP contribution in [0.5, 0.6) is 0 Å². The van der Waals surface area contributed by atoms with Crippen LogP contribution in [0, 0.1) is 5.92 Å². The maximum atomic E-state index is 12.3. The van der Waals surface area contributed by atoms with Crippen molar-refractivity contribution in [2.45, 2.75) is 78.7 Å². The van der Waals surface area contributed by atoms with Gasteiger partial charge in [-0.2, -0.15) is 0 Å². The van der Waals surface area contributed by atoms with E-state index in [1.807, 2.05) is 13.8 Å². The summed E-state index contributed by atoms with van der Waals surface area (Å²) in [5.41, 5.74) is 0. The van der Waals surface area contributed by atoms with E-state index >= 15 is 0 Å². The topological polar surface area (TPSA) is 44.8 Å². The lowest BCUT2D eigenvalue weighted by Crippen LogP contribution is -2.45. The maximum Gasteiger partial charge on any atom is 0.564 e. The van der Waals surface area contributed by atoms with E-state index in [0.717, 1.165) is 19.3 Å². The van der Waals surface area contributed by atoms with E-state index in [-0.39, 0.29) is 11.9 Å². The smallest absolute Gasteiger partial charge is 0.473 e. The lowest BCUT2D eigenvalue weighted by molar-refractivity contribution is -0.142. The molecule has 0 radical (unpaired) electrons. The fourth-order valence-corrected chi connectivity index (χ4v) is 4.30. The van der Waals surface area contributed by atoms with Gasteiger partial charge in [0.2, 0.25) is 0 Å². The largest absolute Gasteiger partial charge is 0.564 e. The summed E-state index contributed by atoms with van der Waals surface area (Å²) in [5.74, 6) is -0.527. The SMILES string of the molecule is C=CC(CCCCCCCCC)C(=O)O[Si](C)(OCC)OCC. The second-order valence-electron chi connectivity index (χ2n) is 5.90. The molecule has 0 aromatic rings. The first-order chi connectivity index (χ1) is 11.0. The lowest BCUT2D eigenvalue weighted by atomic mass is 10.0. The summed E-state index contributed by atoms with van der Waals surface area (Å²) in [6.45, 7) is 12.5. The van der Waals surface area contributed by atoms with Gasteiger partial charge in [-0.1, -0.05) is 57.9 Å². The summed E-state index contributed by atoms with van der Waals surface area (Å²) in [6.07, 6.45) is 11.1. The fourth-order valence-electron chi connectivity index (χ4n) is 2.54. The van der Waals surface area contributed by atoms with Crippen molar-refractivity contribution in [3.63, 3.8) is 0 Å². The average Bonchev–Trinajstić information content (AvgIpc) is 2.50. The number of carbonyl (C=O) groups is 1. The van der Waals surface area contributed by atoms with Crippen LogP contribution in [0.2, 0.25) is 6.55 Å². The van der Waals surface area contributed by atoms with Crippen LogP contribution < -0.4 is 0 Å². The van der Waals surface area contributed by atoms with Crippen LogP contribution in [0.25, 0.3) is 0 Å². The van der Waals surface area contributed by atoms with Crippen LogP contribution in [0.3, 0.4) is 0 Å². The van der Waals surface area contributed by atoms with Gasteiger partial charge in [0, 0.05) is 19.8 Å². The van der Waals surface area contributed by atoms with Crippen LogP contribution in [0.1, 0.15) is 72.1 Å². The van der Waals surface area contributed by atoms with Crippen LogP contribution in [0.15, 0.2) is 12.7 Å². The Morgan fingerprint density at radius 3 is 2.00 bits per heavy atom. The highest BCUT2D eigenvalue weighted by atomic mass is 28.4. The maximum absolute atomic E-state index is 12.3. The van der Waals surface area contributed by atoms with Crippen molar-refractivity contribution < 1.29 is 18.1 Å². The number of rotatable bonds is 15. The Morgan fingerprint density at radius 2 is 1.52 bits per heavy atom. The monoisotopic (exact) mass is 344 g/mol. The van der Waals surface area contributed by atoms with Gasteiger partial charge >= 0.3 is 14.8 Å². The molecule has 0 aliphatic heterocycles. The highest BCUT2D eigenvalue weighted by Crippen LogP contribution is 2.18. The minimum Gasteiger partial charge on any atom is -0.473 e. The third-order valence-electron chi connectivity index (χ3n) is 3.80. The van der Waals surface area contributed by atoms with Crippen molar-refractivity contribution in [1.82, 2.24) is 0 Å². The quantitative estimate of drug-likeness (QED) is 0.235. The normalized spacial score (nSPS) is 12.9. The Kier molecular flexibility index (Phi) is 13.4. The molecule has 0 aromatic carbocycles. The zero-order valence-electron chi connectivity index (χ0n) is 15.6. The van der Waals surface area contributed by atoms with Crippen molar-refractivity contribution in [2.24, 2.45) is 5.92 Å². The predicted octanol–water partition coefficient (Wildman–Crippen LogP) is 5.11. The Morgan fingerprint density at radius 1 is 1.00 bits per heavy atom. The second kappa shape index (κ2) is 13.8. The first kappa shape index (κ1) is 22.3. The zero-order valence-corrected chi connectivity index (χ0v) is 16.6. The molecule has 0 aromatic heterocycles. The number of hydrogen-bond donors (Lipinski definition) is 0. The molecule has 136 valence electrons. The highest BCUT2D eigenvalue weighted by molar-refractivity contribution is 6.61. The molecule has 0 aliphatic rings. The van der Waals surface area contributed by atoms with E-state index in [0.29, 0.717) is 13.2 Å². The molecule has 0 spiro atoms. The molecule has 4 nitrogen and oxygen atoms in total. The average molecular weight is 345 g/mol. The molecule has 0 saturated heterocycles. The molecule has 1 atom stereocenters. The molecule has 5 heteroatoms. The van der Waals surface area contributed by atoms with Gasteiger partial charge in [-0.05, 0) is 20.3 Å². The van der Waals surface area contributed by atoms with Crippen molar-refractivity contribution in [3.8, 4) is 0 Å². The van der Waals surface area contributed by atoms with E-state index < -0.39 is 8.80 Å². The van der Waals surface area contributed by atoms with Gasteiger partial charge in [-0.15, -0.1) is 6.58 Å². The van der Waals surface area contributed by atoms with Gasteiger partial charge in [0.15, 0.2) is 0 Å². The van der Waals surface area contributed by atoms with E-state index in [4.69, 9.17) is 13.3 Å². The molecule has 1 unspecified atom stereocenters. The first-order valence-electron chi connectivity index (χ1n) is 9.16. The molecular formula is C18H36O4Si. The van der Waals surface area contributed by atoms with Crippen LogP contribution in [-0.4, -0.2) is 28.0 Å². The second-order valence-corrected chi connectivity index (χ2v) is 8.41. The number of unbranched alkanes of at least 4 members (excludes halogenated alkanes) is 6. The molecule has 0 aliphatic carbocycles. The van der Waals surface area contributed by atoms with Crippen molar-refractivity contribution in [2.75, 3.05) is 13.2 Å². The first-order valence-corrected chi connectivity index (χ1v) is 11.4. The van der Waals surface area contributed by atoms with Gasteiger partial charge < -0.3 is 13.3 Å². The number of hydrogen-bond acceptors (Lipinski definition) is 4. The molecule has 0 bridgehead atoms. The third-order valence-corrected chi connectivity index (χ3v) is 6.00.